The fraction of sp³-hybridized carbons (Fsp3) is 0.200. The van der Waals surface area contributed by atoms with Crippen molar-refractivity contribution in [2.24, 2.45) is 0 Å². The number of aromatic nitrogens is 1. The zero-order chi connectivity index (χ0) is 18.3. The summed E-state index contributed by atoms with van der Waals surface area (Å²) in [6, 6.07) is 13.8. The van der Waals surface area contributed by atoms with Gasteiger partial charge < -0.3 is 4.90 Å². The Bertz CT molecular complexity index is 985. The van der Waals surface area contributed by atoms with E-state index in [4.69, 9.17) is 23.2 Å². The van der Waals surface area contributed by atoms with Crippen LogP contribution in [0.15, 0.2) is 48.7 Å². The molecule has 6 heteroatoms. The number of aryl methyl sites for hydroxylation is 1. The first-order chi connectivity index (χ1) is 12.5. The van der Waals surface area contributed by atoms with E-state index in [1.165, 1.54) is 28.0 Å². The Morgan fingerprint density at radius 2 is 2.00 bits per heavy atom. The van der Waals surface area contributed by atoms with Crippen LogP contribution in [0.2, 0.25) is 9.49 Å². The molecule has 0 saturated carbocycles. The van der Waals surface area contributed by atoms with Gasteiger partial charge >= 0.3 is 0 Å². The molecule has 0 spiro atoms. The predicted octanol–water partition coefficient (Wildman–Crippen LogP) is 5.55. The molecule has 1 aliphatic rings. The van der Waals surface area contributed by atoms with Crippen molar-refractivity contribution < 1.29 is 4.79 Å². The van der Waals surface area contributed by atoms with Crippen LogP contribution in [0.3, 0.4) is 0 Å². The highest BCUT2D eigenvalue weighted by molar-refractivity contribution is 7.16. The normalized spacial score (nSPS) is 16.4. The van der Waals surface area contributed by atoms with Crippen LogP contribution in [0.4, 0.5) is 0 Å². The molecular weight excluding hydrogens is 387 g/mol. The van der Waals surface area contributed by atoms with E-state index < -0.39 is 0 Å². The van der Waals surface area contributed by atoms with Crippen LogP contribution in [-0.4, -0.2) is 22.3 Å². The lowest BCUT2D eigenvalue weighted by atomic mass is 9.86. The number of hydrogen-bond acceptors (Lipinski definition) is 3. The molecule has 1 amide bonds. The molecule has 3 nitrogen and oxygen atoms in total. The summed E-state index contributed by atoms with van der Waals surface area (Å²) in [5, 5.41) is 0.236. The smallest absolute Gasteiger partial charge is 0.257 e. The molecule has 0 saturated heterocycles. The molecule has 4 rings (SSSR count). The molecule has 1 aliphatic heterocycles. The molecule has 3 heterocycles. The van der Waals surface area contributed by atoms with E-state index in [-0.39, 0.29) is 17.0 Å². The molecule has 1 aromatic carbocycles. The van der Waals surface area contributed by atoms with E-state index >= 15 is 0 Å². The number of carbonyl (C=O) groups excluding carboxylic acids is 1. The average Bonchev–Trinajstić information content (AvgIpc) is 3.01. The van der Waals surface area contributed by atoms with Gasteiger partial charge in [0.1, 0.15) is 5.15 Å². The Morgan fingerprint density at radius 3 is 2.77 bits per heavy atom. The van der Waals surface area contributed by atoms with Gasteiger partial charge in [0.25, 0.3) is 5.91 Å². The van der Waals surface area contributed by atoms with Gasteiger partial charge in [0.15, 0.2) is 0 Å². The van der Waals surface area contributed by atoms with Crippen molar-refractivity contribution in [2.45, 2.75) is 19.4 Å². The minimum atomic E-state index is -0.100. The van der Waals surface area contributed by atoms with Crippen LogP contribution in [-0.2, 0) is 6.54 Å². The Morgan fingerprint density at radius 1 is 1.19 bits per heavy atom. The fourth-order valence-corrected chi connectivity index (χ4v) is 5.06. The summed E-state index contributed by atoms with van der Waals surface area (Å²) in [7, 11) is 0. The van der Waals surface area contributed by atoms with E-state index in [0.717, 1.165) is 9.21 Å². The van der Waals surface area contributed by atoms with Crippen LogP contribution in [0.25, 0.3) is 0 Å². The number of rotatable bonds is 2. The lowest BCUT2D eigenvalue weighted by Gasteiger charge is -2.34. The van der Waals surface area contributed by atoms with Gasteiger partial charge in [-0.05, 0) is 41.8 Å². The molecule has 132 valence electrons. The Hall–Kier alpha value is -1.88. The lowest BCUT2D eigenvalue weighted by Crippen LogP contribution is -2.38. The molecule has 0 aliphatic carbocycles. The largest absolute Gasteiger partial charge is 0.332 e. The molecule has 26 heavy (non-hydrogen) atoms. The van der Waals surface area contributed by atoms with Gasteiger partial charge in [0.05, 0.1) is 16.4 Å². The van der Waals surface area contributed by atoms with E-state index in [0.29, 0.717) is 18.7 Å². The van der Waals surface area contributed by atoms with Crippen molar-refractivity contribution in [3.05, 3.63) is 85.3 Å². The van der Waals surface area contributed by atoms with Crippen molar-refractivity contribution in [2.75, 3.05) is 6.54 Å². The SMILES string of the molecule is Cc1ccccc1[C@H]1CN(C(=O)c2cccnc2Cl)Cc2sc(Cl)cc21. The van der Waals surface area contributed by atoms with E-state index in [9.17, 15) is 4.79 Å². The fourth-order valence-electron chi connectivity index (χ4n) is 3.50. The summed E-state index contributed by atoms with van der Waals surface area (Å²) in [6.45, 7) is 3.23. The van der Waals surface area contributed by atoms with Crippen molar-refractivity contribution >= 4 is 40.4 Å². The number of benzene rings is 1. The summed E-state index contributed by atoms with van der Waals surface area (Å²) < 4.78 is 0.752. The first-order valence-electron chi connectivity index (χ1n) is 8.28. The number of nitrogens with zero attached hydrogens (tertiary/aromatic N) is 2. The predicted molar refractivity (Wildman–Crippen MR) is 106 cm³/mol. The second kappa shape index (κ2) is 7.03. The van der Waals surface area contributed by atoms with E-state index in [2.05, 4.69) is 24.0 Å². The van der Waals surface area contributed by atoms with Gasteiger partial charge in [0.2, 0.25) is 0 Å². The van der Waals surface area contributed by atoms with E-state index in [1.807, 2.05) is 23.1 Å². The summed E-state index contributed by atoms with van der Waals surface area (Å²) >= 11 is 14.0. The monoisotopic (exact) mass is 402 g/mol. The standard InChI is InChI=1S/C20H16Cl2N2OS/c1-12-5-2-3-6-13(12)16-10-24(11-17-15(16)9-18(21)26-17)20(25)14-7-4-8-23-19(14)22/h2-9,16H,10-11H2,1H3/t16-/m1/s1. The van der Waals surface area contributed by atoms with Crippen LogP contribution in [0, 0.1) is 6.92 Å². The van der Waals surface area contributed by atoms with Gasteiger partial charge in [-0.1, -0.05) is 47.5 Å². The molecule has 0 fully saturated rings. The van der Waals surface area contributed by atoms with Gasteiger partial charge in [-0.2, -0.15) is 0 Å². The zero-order valence-corrected chi connectivity index (χ0v) is 16.4. The van der Waals surface area contributed by atoms with Crippen molar-refractivity contribution in [1.29, 1.82) is 0 Å². The van der Waals surface area contributed by atoms with Gasteiger partial charge in [-0.15, -0.1) is 11.3 Å². The number of halogens is 2. The number of thiophene rings is 1. The molecule has 0 N–H and O–H groups in total. The highest BCUT2D eigenvalue weighted by Crippen LogP contribution is 2.41. The second-order valence-corrected chi connectivity index (χ2v) is 8.49. The lowest BCUT2D eigenvalue weighted by molar-refractivity contribution is 0.0727. The Balaban J connectivity index is 1.75. The zero-order valence-electron chi connectivity index (χ0n) is 14.1. The number of fused-ring (bicyclic) bond motifs is 1. The van der Waals surface area contributed by atoms with Crippen molar-refractivity contribution in [1.82, 2.24) is 9.88 Å². The van der Waals surface area contributed by atoms with Gasteiger partial charge in [0, 0.05) is 23.5 Å². The molecule has 0 bridgehead atoms. The number of carbonyl (C=O) groups is 1. The van der Waals surface area contributed by atoms with Crippen LogP contribution < -0.4 is 0 Å². The topological polar surface area (TPSA) is 33.2 Å². The quantitative estimate of drug-likeness (QED) is 0.526. The molecule has 0 radical (unpaired) electrons. The maximum Gasteiger partial charge on any atom is 0.257 e. The summed E-state index contributed by atoms with van der Waals surface area (Å²) in [5.74, 6) is -0.0000430. The van der Waals surface area contributed by atoms with Gasteiger partial charge in [-0.3, -0.25) is 4.79 Å². The first kappa shape index (κ1) is 17.5. The summed E-state index contributed by atoms with van der Waals surface area (Å²) in [4.78, 5) is 20.1. The Kier molecular flexibility index (Phi) is 4.74. The average molecular weight is 403 g/mol. The first-order valence-corrected chi connectivity index (χ1v) is 9.85. The molecule has 1 atom stereocenters. The third kappa shape index (κ3) is 3.13. The third-order valence-corrected chi connectivity index (χ3v) is 6.33. The number of pyridine rings is 1. The number of hydrogen-bond donors (Lipinski definition) is 0. The summed E-state index contributed by atoms with van der Waals surface area (Å²) in [6.07, 6.45) is 1.59. The molecule has 0 unspecified atom stereocenters. The molecule has 3 aromatic rings. The van der Waals surface area contributed by atoms with Crippen LogP contribution >= 0.6 is 34.5 Å². The van der Waals surface area contributed by atoms with Crippen LogP contribution in [0.5, 0.6) is 0 Å². The minimum absolute atomic E-state index is 0.100. The second-order valence-electron chi connectivity index (χ2n) is 6.37. The van der Waals surface area contributed by atoms with Gasteiger partial charge in [-0.25, -0.2) is 4.98 Å². The highest BCUT2D eigenvalue weighted by atomic mass is 35.5. The maximum absolute atomic E-state index is 13.1. The van der Waals surface area contributed by atoms with Crippen molar-refractivity contribution in [3.63, 3.8) is 0 Å². The molecule has 2 aromatic heterocycles. The van der Waals surface area contributed by atoms with Crippen LogP contribution in [0.1, 0.15) is 37.8 Å². The highest BCUT2D eigenvalue weighted by Gasteiger charge is 2.32. The number of amides is 1. The Labute approximate surface area is 166 Å². The molecular formula is C20H16Cl2N2OS. The summed E-state index contributed by atoms with van der Waals surface area (Å²) in [5.41, 5.74) is 4.08. The third-order valence-electron chi connectivity index (χ3n) is 4.77. The van der Waals surface area contributed by atoms with Crippen molar-refractivity contribution in [3.8, 4) is 0 Å². The minimum Gasteiger partial charge on any atom is -0.332 e. The van der Waals surface area contributed by atoms with E-state index in [1.54, 1.807) is 18.3 Å². The maximum atomic E-state index is 13.1.